The van der Waals surface area contributed by atoms with E-state index in [2.05, 4.69) is 21.4 Å². The van der Waals surface area contributed by atoms with Gasteiger partial charge in [-0.1, -0.05) is 12.1 Å². The molecule has 0 fully saturated rings. The standard InChI is InChI=1S/C14H14N4O/c1-10-9-17-14(16-2)18-13(10)19-12-5-3-11(4-6-12)7-8-15/h3-6,9H,7H2,1-2H3,(H,16,17,18). The summed E-state index contributed by atoms with van der Waals surface area (Å²) in [7, 11) is 1.76. The monoisotopic (exact) mass is 254 g/mol. The highest BCUT2D eigenvalue weighted by molar-refractivity contribution is 5.36. The lowest BCUT2D eigenvalue weighted by atomic mass is 10.2. The maximum Gasteiger partial charge on any atom is 0.226 e. The largest absolute Gasteiger partial charge is 0.439 e. The van der Waals surface area contributed by atoms with E-state index in [4.69, 9.17) is 10.00 Å². The molecule has 1 N–H and O–H groups in total. The zero-order valence-electron chi connectivity index (χ0n) is 10.8. The molecule has 1 heterocycles. The number of rotatable bonds is 4. The van der Waals surface area contributed by atoms with Gasteiger partial charge in [-0.3, -0.25) is 0 Å². The molecular formula is C14H14N4O. The van der Waals surface area contributed by atoms with Crippen LogP contribution in [0.1, 0.15) is 11.1 Å². The third kappa shape index (κ3) is 3.19. The van der Waals surface area contributed by atoms with E-state index >= 15 is 0 Å². The van der Waals surface area contributed by atoms with Gasteiger partial charge in [-0.25, -0.2) is 4.98 Å². The summed E-state index contributed by atoms with van der Waals surface area (Å²) in [4.78, 5) is 8.35. The molecule has 0 aliphatic heterocycles. The second kappa shape index (κ2) is 5.83. The Balaban J connectivity index is 2.19. The highest BCUT2D eigenvalue weighted by Gasteiger charge is 2.05. The number of aryl methyl sites for hydroxylation is 1. The zero-order valence-corrected chi connectivity index (χ0v) is 10.8. The van der Waals surface area contributed by atoms with Gasteiger partial charge in [0.2, 0.25) is 11.8 Å². The van der Waals surface area contributed by atoms with Crippen molar-refractivity contribution in [2.45, 2.75) is 13.3 Å². The Kier molecular flexibility index (Phi) is 3.94. The van der Waals surface area contributed by atoms with Gasteiger partial charge < -0.3 is 10.1 Å². The van der Waals surface area contributed by atoms with Gasteiger partial charge in [-0.05, 0) is 24.6 Å². The number of nitriles is 1. The minimum absolute atomic E-state index is 0.400. The molecule has 0 atom stereocenters. The Morgan fingerprint density at radius 2 is 2.05 bits per heavy atom. The maximum atomic E-state index is 8.61. The fourth-order valence-corrected chi connectivity index (χ4v) is 1.53. The van der Waals surface area contributed by atoms with Crippen LogP contribution in [-0.4, -0.2) is 17.0 Å². The summed E-state index contributed by atoms with van der Waals surface area (Å²) in [5.41, 5.74) is 1.82. The van der Waals surface area contributed by atoms with Crippen molar-refractivity contribution in [3.63, 3.8) is 0 Å². The fraction of sp³-hybridized carbons (Fsp3) is 0.214. The molecule has 0 bridgehead atoms. The van der Waals surface area contributed by atoms with Gasteiger partial charge in [0.25, 0.3) is 0 Å². The van der Waals surface area contributed by atoms with Gasteiger partial charge in [0.15, 0.2) is 0 Å². The molecule has 0 unspecified atom stereocenters. The molecule has 0 saturated carbocycles. The maximum absolute atomic E-state index is 8.61. The van der Waals surface area contributed by atoms with Crippen molar-refractivity contribution in [2.75, 3.05) is 12.4 Å². The number of anilines is 1. The SMILES string of the molecule is CNc1ncc(C)c(Oc2ccc(CC#N)cc2)n1. The molecule has 0 amide bonds. The highest BCUT2D eigenvalue weighted by Crippen LogP contribution is 2.23. The van der Waals surface area contributed by atoms with E-state index in [-0.39, 0.29) is 0 Å². The molecule has 96 valence electrons. The van der Waals surface area contributed by atoms with Crippen LogP contribution < -0.4 is 10.1 Å². The smallest absolute Gasteiger partial charge is 0.226 e. The molecule has 0 saturated heterocycles. The molecule has 1 aromatic heterocycles. The van der Waals surface area contributed by atoms with Crippen molar-refractivity contribution in [3.8, 4) is 17.7 Å². The molecule has 1 aromatic carbocycles. The number of ether oxygens (including phenoxy) is 1. The van der Waals surface area contributed by atoms with Crippen molar-refractivity contribution in [1.29, 1.82) is 5.26 Å². The summed E-state index contributed by atoms with van der Waals surface area (Å²) in [5, 5.41) is 11.5. The van der Waals surface area contributed by atoms with Gasteiger partial charge in [-0.15, -0.1) is 0 Å². The van der Waals surface area contributed by atoms with E-state index in [1.54, 1.807) is 13.2 Å². The van der Waals surface area contributed by atoms with Crippen LogP contribution >= 0.6 is 0 Å². The summed E-state index contributed by atoms with van der Waals surface area (Å²) >= 11 is 0. The Hall–Kier alpha value is -2.61. The number of nitrogens with zero attached hydrogens (tertiary/aromatic N) is 3. The van der Waals surface area contributed by atoms with E-state index < -0.39 is 0 Å². The van der Waals surface area contributed by atoms with Gasteiger partial charge in [-0.2, -0.15) is 10.2 Å². The van der Waals surface area contributed by atoms with Crippen LogP contribution in [0.4, 0.5) is 5.95 Å². The molecule has 2 aromatic rings. The number of benzene rings is 1. The van der Waals surface area contributed by atoms with Gasteiger partial charge in [0, 0.05) is 18.8 Å². The average Bonchev–Trinajstić information content (AvgIpc) is 2.44. The average molecular weight is 254 g/mol. The van der Waals surface area contributed by atoms with Crippen molar-refractivity contribution in [2.24, 2.45) is 0 Å². The molecular weight excluding hydrogens is 240 g/mol. The number of hydrogen-bond donors (Lipinski definition) is 1. The van der Waals surface area contributed by atoms with Crippen LogP contribution in [0, 0.1) is 18.3 Å². The minimum Gasteiger partial charge on any atom is -0.439 e. The summed E-state index contributed by atoms with van der Waals surface area (Å²) < 4.78 is 5.71. The predicted octanol–water partition coefficient (Wildman–Crippen LogP) is 2.69. The fourth-order valence-electron chi connectivity index (χ4n) is 1.53. The number of hydrogen-bond acceptors (Lipinski definition) is 5. The molecule has 19 heavy (non-hydrogen) atoms. The highest BCUT2D eigenvalue weighted by atomic mass is 16.5. The Morgan fingerprint density at radius 3 is 2.68 bits per heavy atom. The van der Waals surface area contributed by atoms with Crippen molar-refractivity contribution in [1.82, 2.24) is 9.97 Å². The first-order valence-electron chi connectivity index (χ1n) is 5.88. The number of aromatic nitrogens is 2. The van der Waals surface area contributed by atoms with E-state index in [0.717, 1.165) is 11.1 Å². The number of nitrogens with one attached hydrogen (secondary N) is 1. The first-order chi connectivity index (χ1) is 9.22. The summed E-state index contributed by atoms with van der Waals surface area (Å²) in [6.07, 6.45) is 2.11. The van der Waals surface area contributed by atoms with Crippen LogP contribution in [0.15, 0.2) is 30.5 Å². The molecule has 0 aliphatic carbocycles. The van der Waals surface area contributed by atoms with Gasteiger partial charge >= 0.3 is 0 Å². The molecule has 0 spiro atoms. The van der Waals surface area contributed by atoms with Crippen LogP contribution in [0.25, 0.3) is 0 Å². The molecule has 2 rings (SSSR count). The molecule has 0 radical (unpaired) electrons. The first-order valence-corrected chi connectivity index (χ1v) is 5.88. The van der Waals surface area contributed by atoms with Crippen molar-refractivity contribution >= 4 is 5.95 Å². The van der Waals surface area contributed by atoms with Crippen molar-refractivity contribution in [3.05, 3.63) is 41.6 Å². The van der Waals surface area contributed by atoms with Gasteiger partial charge in [0.1, 0.15) is 5.75 Å². The molecule has 0 aliphatic rings. The van der Waals surface area contributed by atoms with E-state index in [1.807, 2.05) is 31.2 Å². The lowest BCUT2D eigenvalue weighted by Gasteiger charge is -2.08. The Labute approximate surface area is 111 Å². The second-order valence-electron chi connectivity index (χ2n) is 4.01. The molecule has 5 nitrogen and oxygen atoms in total. The predicted molar refractivity (Wildman–Crippen MR) is 72.1 cm³/mol. The first kappa shape index (κ1) is 12.8. The van der Waals surface area contributed by atoms with E-state index in [9.17, 15) is 0 Å². The normalized spacial score (nSPS) is 9.74. The van der Waals surface area contributed by atoms with Gasteiger partial charge in [0.05, 0.1) is 12.5 Å². The van der Waals surface area contributed by atoms with E-state index in [1.165, 1.54) is 0 Å². The van der Waals surface area contributed by atoms with Crippen molar-refractivity contribution < 1.29 is 4.74 Å². The van der Waals surface area contributed by atoms with Crippen LogP contribution in [-0.2, 0) is 6.42 Å². The second-order valence-corrected chi connectivity index (χ2v) is 4.01. The lowest BCUT2D eigenvalue weighted by molar-refractivity contribution is 0.458. The van der Waals surface area contributed by atoms with Crippen LogP contribution in [0.3, 0.4) is 0 Å². The quantitative estimate of drug-likeness (QED) is 0.908. The summed E-state index contributed by atoms with van der Waals surface area (Å²) in [6, 6.07) is 9.50. The lowest BCUT2D eigenvalue weighted by Crippen LogP contribution is -1.99. The zero-order chi connectivity index (χ0) is 13.7. The third-order valence-electron chi connectivity index (χ3n) is 2.57. The summed E-state index contributed by atoms with van der Waals surface area (Å²) in [5.74, 6) is 1.72. The van der Waals surface area contributed by atoms with E-state index in [0.29, 0.717) is 24.0 Å². The topological polar surface area (TPSA) is 70.8 Å². The minimum atomic E-state index is 0.400. The third-order valence-corrected chi connectivity index (χ3v) is 2.57. The summed E-state index contributed by atoms with van der Waals surface area (Å²) in [6.45, 7) is 1.89. The Morgan fingerprint density at radius 1 is 1.32 bits per heavy atom. The molecule has 5 heteroatoms. The van der Waals surface area contributed by atoms with Crippen LogP contribution in [0.5, 0.6) is 11.6 Å². The van der Waals surface area contributed by atoms with Crippen LogP contribution in [0.2, 0.25) is 0 Å². The Bertz CT molecular complexity index is 602.